The highest BCUT2D eigenvalue weighted by molar-refractivity contribution is 5.92. The van der Waals surface area contributed by atoms with Crippen LogP contribution >= 0.6 is 0 Å². The van der Waals surface area contributed by atoms with Gasteiger partial charge in [-0.1, -0.05) is 30.3 Å². The smallest absolute Gasteiger partial charge is 0.294 e. The van der Waals surface area contributed by atoms with Crippen LogP contribution in [0.2, 0.25) is 0 Å². The largest absolute Gasteiger partial charge is 0.330 e. The van der Waals surface area contributed by atoms with Crippen LogP contribution < -0.4 is 5.43 Å². The third kappa shape index (κ3) is 4.07. The molecule has 158 valence electrons. The lowest BCUT2D eigenvalue weighted by Gasteiger charge is -2.22. The van der Waals surface area contributed by atoms with Crippen LogP contribution in [0.15, 0.2) is 59.4 Å². The Balaban J connectivity index is 1.76. The maximum Gasteiger partial charge on any atom is 0.294 e. The van der Waals surface area contributed by atoms with Crippen LogP contribution in [0.5, 0.6) is 0 Å². The number of halogens is 1. The Hall–Kier alpha value is -3.88. The number of nitro groups is 1. The predicted octanol–water partition coefficient (Wildman–Crippen LogP) is 3.39. The number of hydrogen-bond acceptors (Lipinski definition) is 5. The van der Waals surface area contributed by atoms with Gasteiger partial charge in [-0.2, -0.15) is 5.10 Å². The molecule has 3 aromatic rings. The molecule has 0 saturated heterocycles. The maximum absolute atomic E-state index is 14.2. The fraction of sp³-hybridized carbons (Fsp3) is 0.227. The molecule has 1 aliphatic carbocycles. The summed E-state index contributed by atoms with van der Waals surface area (Å²) in [4.78, 5) is 38.2. The van der Waals surface area contributed by atoms with Gasteiger partial charge in [0.05, 0.1) is 4.92 Å². The van der Waals surface area contributed by atoms with Gasteiger partial charge in [0.2, 0.25) is 5.43 Å². The Morgan fingerprint density at radius 3 is 2.58 bits per heavy atom. The van der Waals surface area contributed by atoms with Crippen molar-refractivity contribution in [3.8, 4) is 5.69 Å². The molecule has 9 heteroatoms. The van der Waals surface area contributed by atoms with E-state index in [-0.39, 0.29) is 29.7 Å². The van der Waals surface area contributed by atoms with Crippen molar-refractivity contribution in [2.45, 2.75) is 32.4 Å². The van der Waals surface area contributed by atoms with Crippen molar-refractivity contribution in [3.05, 3.63) is 97.7 Å². The van der Waals surface area contributed by atoms with Gasteiger partial charge < -0.3 is 4.90 Å². The highest BCUT2D eigenvalue weighted by Gasteiger charge is 2.35. The molecule has 0 radical (unpaired) electrons. The highest BCUT2D eigenvalue weighted by Crippen LogP contribution is 2.30. The van der Waals surface area contributed by atoms with Crippen LogP contribution in [0, 0.1) is 22.9 Å². The van der Waals surface area contributed by atoms with E-state index in [1.165, 1.54) is 39.9 Å². The molecule has 31 heavy (non-hydrogen) atoms. The lowest BCUT2D eigenvalue weighted by Crippen LogP contribution is -2.37. The van der Waals surface area contributed by atoms with E-state index >= 15 is 0 Å². The molecule has 0 N–H and O–H groups in total. The van der Waals surface area contributed by atoms with Gasteiger partial charge in [-0.25, -0.2) is 9.07 Å². The number of hydrogen-bond donors (Lipinski definition) is 0. The molecule has 4 rings (SSSR count). The van der Waals surface area contributed by atoms with E-state index in [1.54, 1.807) is 31.2 Å². The number of rotatable bonds is 6. The summed E-state index contributed by atoms with van der Waals surface area (Å²) >= 11 is 0. The summed E-state index contributed by atoms with van der Waals surface area (Å²) in [5.74, 6) is -1.06. The summed E-state index contributed by atoms with van der Waals surface area (Å²) in [7, 11) is 0. The topological polar surface area (TPSA) is 98.3 Å². The Morgan fingerprint density at radius 2 is 1.90 bits per heavy atom. The van der Waals surface area contributed by atoms with Gasteiger partial charge in [-0.05, 0) is 31.9 Å². The number of carbonyl (C=O) groups is 1. The molecule has 1 aromatic heterocycles. The zero-order valence-corrected chi connectivity index (χ0v) is 16.7. The van der Waals surface area contributed by atoms with Gasteiger partial charge in [0.25, 0.3) is 11.6 Å². The van der Waals surface area contributed by atoms with Crippen LogP contribution in [0.3, 0.4) is 0 Å². The Morgan fingerprint density at radius 1 is 1.23 bits per heavy atom. The second-order valence-electron chi connectivity index (χ2n) is 7.41. The molecule has 1 saturated carbocycles. The molecular weight excluding hydrogens is 403 g/mol. The Kier molecular flexibility index (Phi) is 5.33. The van der Waals surface area contributed by atoms with Gasteiger partial charge in [0, 0.05) is 36.0 Å². The number of carbonyl (C=O) groups excluding carboxylic acids is 1. The van der Waals surface area contributed by atoms with E-state index in [2.05, 4.69) is 5.10 Å². The van der Waals surface area contributed by atoms with E-state index < -0.39 is 22.1 Å². The van der Waals surface area contributed by atoms with Gasteiger partial charge in [-0.3, -0.25) is 19.7 Å². The molecule has 1 amide bonds. The van der Waals surface area contributed by atoms with E-state index in [0.29, 0.717) is 11.3 Å². The molecule has 0 bridgehead atoms. The number of nitrogens with zero attached hydrogens (tertiary/aromatic N) is 4. The average Bonchev–Trinajstić information content (AvgIpc) is 3.58. The first-order valence-electron chi connectivity index (χ1n) is 9.76. The third-order valence-electron chi connectivity index (χ3n) is 5.16. The second kappa shape index (κ2) is 8.10. The van der Waals surface area contributed by atoms with Crippen LogP contribution in [-0.2, 0) is 6.54 Å². The Labute approximate surface area is 176 Å². The number of para-hydroxylation sites is 2. The van der Waals surface area contributed by atoms with E-state index in [9.17, 15) is 24.1 Å². The lowest BCUT2D eigenvalue weighted by molar-refractivity contribution is -0.384. The van der Waals surface area contributed by atoms with Gasteiger partial charge >= 0.3 is 0 Å². The zero-order chi connectivity index (χ0) is 22.1. The minimum absolute atomic E-state index is 0.0106. The van der Waals surface area contributed by atoms with Crippen LogP contribution in [-0.4, -0.2) is 31.6 Å². The first-order valence-corrected chi connectivity index (χ1v) is 9.76. The van der Waals surface area contributed by atoms with E-state index in [1.807, 2.05) is 0 Å². The normalized spacial score (nSPS) is 13.1. The number of aryl methyl sites for hydroxylation is 1. The standard InChI is InChI=1S/C22H19FN4O4/c1-14-12-20(28)21(24-26(14)18-8-4-5-9-19(18)27(30)31)22(29)25(16-10-11-16)13-15-6-2-3-7-17(15)23/h2-9,12,16H,10-11,13H2,1H3. The minimum Gasteiger partial charge on any atom is -0.330 e. The number of aromatic nitrogens is 2. The Bertz CT molecular complexity index is 1240. The van der Waals surface area contributed by atoms with Gasteiger partial charge in [0.15, 0.2) is 5.69 Å². The summed E-state index contributed by atoms with van der Waals surface area (Å²) in [6.45, 7) is 1.59. The van der Waals surface area contributed by atoms with E-state index in [4.69, 9.17) is 0 Å². The average molecular weight is 422 g/mol. The molecule has 1 fully saturated rings. The minimum atomic E-state index is -0.622. The number of amides is 1. The number of nitro benzene ring substituents is 1. The molecule has 1 aliphatic rings. The quantitative estimate of drug-likeness (QED) is 0.448. The fourth-order valence-corrected chi connectivity index (χ4v) is 3.44. The molecule has 0 unspecified atom stereocenters. The summed E-state index contributed by atoms with van der Waals surface area (Å²) < 4.78 is 15.4. The van der Waals surface area contributed by atoms with Crippen LogP contribution in [0.4, 0.5) is 10.1 Å². The van der Waals surface area contributed by atoms with Crippen molar-refractivity contribution in [2.75, 3.05) is 0 Å². The SMILES string of the molecule is Cc1cc(=O)c(C(=O)N(Cc2ccccc2F)C2CC2)nn1-c1ccccc1[N+](=O)[O-]. The second-order valence-corrected chi connectivity index (χ2v) is 7.41. The summed E-state index contributed by atoms with van der Waals surface area (Å²) in [5, 5.41) is 15.6. The summed E-state index contributed by atoms with van der Waals surface area (Å²) in [6, 6.07) is 13.2. The molecule has 0 atom stereocenters. The monoisotopic (exact) mass is 422 g/mol. The molecule has 0 spiro atoms. The maximum atomic E-state index is 14.2. The van der Waals surface area contributed by atoms with Crippen LogP contribution in [0.25, 0.3) is 5.69 Å². The number of benzene rings is 2. The highest BCUT2D eigenvalue weighted by atomic mass is 19.1. The van der Waals surface area contributed by atoms with E-state index in [0.717, 1.165) is 12.8 Å². The first-order chi connectivity index (χ1) is 14.9. The predicted molar refractivity (Wildman–Crippen MR) is 111 cm³/mol. The summed E-state index contributed by atoms with van der Waals surface area (Å²) in [5.41, 5.74) is -0.308. The van der Waals surface area contributed by atoms with Crippen molar-refractivity contribution in [1.29, 1.82) is 0 Å². The molecule has 0 aliphatic heterocycles. The first kappa shape index (κ1) is 20.4. The molecule has 2 aromatic carbocycles. The molecule has 8 nitrogen and oxygen atoms in total. The third-order valence-corrected chi connectivity index (χ3v) is 5.16. The zero-order valence-electron chi connectivity index (χ0n) is 16.7. The summed E-state index contributed by atoms with van der Waals surface area (Å²) in [6.07, 6.45) is 1.51. The lowest BCUT2D eigenvalue weighted by atomic mass is 10.2. The van der Waals surface area contributed by atoms with Crippen molar-refractivity contribution in [2.24, 2.45) is 0 Å². The van der Waals surface area contributed by atoms with Crippen molar-refractivity contribution < 1.29 is 14.1 Å². The van der Waals surface area contributed by atoms with Crippen molar-refractivity contribution in [1.82, 2.24) is 14.7 Å². The van der Waals surface area contributed by atoms with Gasteiger partial charge in [-0.15, -0.1) is 0 Å². The molecule has 1 heterocycles. The van der Waals surface area contributed by atoms with Gasteiger partial charge in [0.1, 0.15) is 11.5 Å². The van der Waals surface area contributed by atoms with Crippen molar-refractivity contribution in [3.63, 3.8) is 0 Å². The van der Waals surface area contributed by atoms with Crippen molar-refractivity contribution >= 4 is 11.6 Å². The fourth-order valence-electron chi connectivity index (χ4n) is 3.44. The molecular formula is C22H19FN4O4. The van der Waals surface area contributed by atoms with Crippen LogP contribution in [0.1, 0.15) is 34.6 Å².